The van der Waals surface area contributed by atoms with Gasteiger partial charge in [0.05, 0.1) is 0 Å². The topological polar surface area (TPSA) is 0 Å². The highest BCUT2D eigenvalue weighted by molar-refractivity contribution is 5.22. The molecule has 0 fully saturated rings. The number of rotatable bonds is 2. The zero-order valence-electron chi connectivity index (χ0n) is 6.54. The molecule has 0 bridgehead atoms. The van der Waals surface area contributed by atoms with E-state index in [9.17, 15) is 8.78 Å². The molecule has 0 aromatic carbocycles. The molecule has 0 radical (unpaired) electrons. The maximum atomic E-state index is 12.6. The summed E-state index contributed by atoms with van der Waals surface area (Å²) in [6, 6.07) is 0. The minimum Gasteiger partial charge on any atom is -0.204 e. The zero-order valence-corrected chi connectivity index (χ0v) is 6.54. The van der Waals surface area contributed by atoms with Crippen LogP contribution in [-0.4, -0.2) is 0 Å². The maximum absolute atomic E-state index is 12.6. The van der Waals surface area contributed by atoms with E-state index in [0.29, 0.717) is 5.57 Å². The van der Waals surface area contributed by atoms with Gasteiger partial charge < -0.3 is 0 Å². The van der Waals surface area contributed by atoms with Gasteiger partial charge in [0.25, 0.3) is 0 Å². The molecule has 0 aromatic heterocycles. The number of halogens is 2. The van der Waals surface area contributed by atoms with Gasteiger partial charge in [0, 0.05) is 0 Å². The molecule has 0 aromatic rings. The predicted octanol–water partition coefficient (Wildman–Crippen LogP) is 3.37. The van der Waals surface area contributed by atoms with E-state index in [4.69, 9.17) is 0 Å². The summed E-state index contributed by atoms with van der Waals surface area (Å²) in [5.41, 5.74) is 0.410. The second kappa shape index (κ2) is 3.49. The second-order valence-corrected chi connectivity index (χ2v) is 2.56. The first kappa shape index (κ1) is 9.34. The van der Waals surface area contributed by atoms with Gasteiger partial charge in [-0.1, -0.05) is 20.4 Å². The Morgan fingerprint density at radius 2 is 1.70 bits per heavy atom. The summed E-state index contributed by atoms with van der Waals surface area (Å²) >= 11 is 0. The van der Waals surface area contributed by atoms with Gasteiger partial charge >= 0.3 is 0 Å². The van der Waals surface area contributed by atoms with Crippen molar-refractivity contribution in [2.75, 3.05) is 0 Å². The van der Waals surface area contributed by atoms with Crippen LogP contribution < -0.4 is 0 Å². The summed E-state index contributed by atoms with van der Waals surface area (Å²) < 4.78 is 24.7. The van der Waals surface area contributed by atoms with Gasteiger partial charge in [-0.15, -0.1) is 0 Å². The Balaban J connectivity index is 4.50. The van der Waals surface area contributed by atoms with Crippen LogP contribution in [0.5, 0.6) is 0 Å². The Hall–Kier alpha value is -0.660. The van der Waals surface area contributed by atoms with Gasteiger partial charge in [-0.3, -0.25) is 0 Å². The van der Waals surface area contributed by atoms with Crippen molar-refractivity contribution < 1.29 is 8.78 Å². The van der Waals surface area contributed by atoms with Crippen molar-refractivity contribution >= 4 is 0 Å². The first-order valence-corrected chi connectivity index (χ1v) is 3.17. The van der Waals surface area contributed by atoms with Crippen LogP contribution >= 0.6 is 0 Å². The Morgan fingerprint density at radius 1 is 1.30 bits per heavy atom. The Kier molecular flexibility index (Phi) is 3.26. The lowest BCUT2D eigenvalue weighted by molar-refractivity contribution is 0.526. The Bertz CT molecular complexity index is 166. The summed E-state index contributed by atoms with van der Waals surface area (Å²) in [4.78, 5) is 0. The minimum absolute atomic E-state index is 0.0347. The average Bonchev–Trinajstić information content (AvgIpc) is 1.84. The monoisotopic (exact) mass is 146 g/mol. The normalized spacial score (nSPS) is 13.4. The lowest BCUT2D eigenvalue weighted by Crippen LogP contribution is -1.92. The first-order valence-electron chi connectivity index (χ1n) is 3.17. The fraction of sp³-hybridized carbons (Fsp3) is 0.500. The quantitative estimate of drug-likeness (QED) is 0.524. The van der Waals surface area contributed by atoms with Crippen molar-refractivity contribution in [3.8, 4) is 0 Å². The third kappa shape index (κ3) is 2.29. The second-order valence-electron chi connectivity index (χ2n) is 2.56. The van der Waals surface area contributed by atoms with Gasteiger partial charge in [-0.25, -0.2) is 8.78 Å². The molecule has 0 aliphatic heterocycles. The predicted molar refractivity (Wildman–Crippen MR) is 38.9 cm³/mol. The van der Waals surface area contributed by atoms with Crippen LogP contribution in [0.4, 0.5) is 8.78 Å². The van der Waals surface area contributed by atoms with Crippen LogP contribution in [0.15, 0.2) is 23.8 Å². The third-order valence-corrected chi connectivity index (χ3v) is 1.45. The molecule has 58 valence electrons. The van der Waals surface area contributed by atoms with Gasteiger partial charge in [0.1, 0.15) is 0 Å². The van der Waals surface area contributed by atoms with Gasteiger partial charge in [0.2, 0.25) is 0 Å². The first-order chi connectivity index (χ1) is 4.46. The number of hydrogen-bond donors (Lipinski definition) is 0. The van der Waals surface area contributed by atoms with E-state index < -0.39 is 11.7 Å². The van der Waals surface area contributed by atoms with E-state index in [2.05, 4.69) is 6.58 Å². The molecule has 0 saturated heterocycles. The van der Waals surface area contributed by atoms with Gasteiger partial charge in [0.15, 0.2) is 11.7 Å². The van der Waals surface area contributed by atoms with Crippen LogP contribution in [0, 0.1) is 5.92 Å². The molecule has 0 spiro atoms. The van der Waals surface area contributed by atoms with E-state index >= 15 is 0 Å². The molecule has 0 aliphatic rings. The van der Waals surface area contributed by atoms with Crippen molar-refractivity contribution in [3.05, 3.63) is 23.8 Å². The molecule has 0 rings (SSSR count). The van der Waals surface area contributed by atoms with Crippen LogP contribution in [0.3, 0.4) is 0 Å². The van der Waals surface area contributed by atoms with Crippen molar-refractivity contribution in [2.45, 2.75) is 20.8 Å². The van der Waals surface area contributed by atoms with Crippen molar-refractivity contribution in [2.24, 2.45) is 5.92 Å². The number of hydrogen-bond acceptors (Lipinski definition) is 0. The summed E-state index contributed by atoms with van der Waals surface area (Å²) in [6.45, 7) is 8.03. The summed E-state index contributed by atoms with van der Waals surface area (Å²) in [5, 5.41) is 0. The van der Waals surface area contributed by atoms with Crippen LogP contribution in [0.2, 0.25) is 0 Å². The molecule has 0 aliphatic carbocycles. The van der Waals surface area contributed by atoms with Gasteiger partial charge in [-0.2, -0.15) is 0 Å². The molecule has 0 atom stereocenters. The molecule has 0 amide bonds. The third-order valence-electron chi connectivity index (χ3n) is 1.45. The molecule has 0 saturated carbocycles. The van der Waals surface area contributed by atoms with Crippen molar-refractivity contribution in [1.29, 1.82) is 0 Å². The fourth-order valence-electron chi connectivity index (χ4n) is 0.467. The smallest absolute Gasteiger partial charge is 0.157 e. The maximum Gasteiger partial charge on any atom is 0.157 e. The molecule has 2 heteroatoms. The van der Waals surface area contributed by atoms with Crippen molar-refractivity contribution in [1.82, 2.24) is 0 Å². The van der Waals surface area contributed by atoms with E-state index in [1.165, 1.54) is 0 Å². The largest absolute Gasteiger partial charge is 0.204 e. The molecule has 10 heavy (non-hydrogen) atoms. The summed E-state index contributed by atoms with van der Waals surface area (Å²) in [7, 11) is 0. The van der Waals surface area contributed by atoms with Crippen LogP contribution in [-0.2, 0) is 0 Å². The molecule has 0 nitrogen and oxygen atoms in total. The van der Waals surface area contributed by atoms with E-state index in [0.717, 1.165) is 0 Å². The lowest BCUT2D eigenvalue weighted by Gasteiger charge is -2.04. The molecule has 0 heterocycles. The molecule has 0 N–H and O–H groups in total. The molecule has 0 unspecified atom stereocenters. The van der Waals surface area contributed by atoms with Crippen LogP contribution in [0.25, 0.3) is 0 Å². The van der Waals surface area contributed by atoms with E-state index in [1.807, 2.05) is 0 Å². The van der Waals surface area contributed by atoms with Crippen molar-refractivity contribution in [3.63, 3.8) is 0 Å². The highest BCUT2D eigenvalue weighted by Crippen LogP contribution is 2.20. The average molecular weight is 146 g/mol. The highest BCUT2D eigenvalue weighted by atomic mass is 19.2. The SMILES string of the molecule is C=C(F)/C(F)=C(/C)C(C)C. The molecular weight excluding hydrogens is 134 g/mol. The molecular formula is C8H12F2. The number of allylic oxidation sites excluding steroid dienone is 3. The summed E-state index contributed by atoms with van der Waals surface area (Å²) in [6.07, 6.45) is 0. The summed E-state index contributed by atoms with van der Waals surface area (Å²) in [5.74, 6) is -1.76. The lowest BCUT2D eigenvalue weighted by atomic mass is 10.0. The highest BCUT2D eigenvalue weighted by Gasteiger charge is 2.07. The minimum atomic E-state index is -0.980. The fourth-order valence-corrected chi connectivity index (χ4v) is 0.467. The van der Waals surface area contributed by atoms with Gasteiger partial charge in [-0.05, 0) is 18.4 Å². The van der Waals surface area contributed by atoms with E-state index in [1.54, 1.807) is 20.8 Å². The van der Waals surface area contributed by atoms with Crippen LogP contribution in [0.1, 0.15) is 20.8 Å². The standard InChI is InChI=1S/C8H12F2/c1-5(2)6(3)8(10)7(4)9/h5H,4H2,1-3H3/b8-6+. The Morgan fingerprint density at radius 3 is 1.80 bits per heavy atom. The zero-order chi connectivity index (χ0) is 8.31. The van der Waals surface area contributed by atoms with E-state index in [-0.39, 0.29) is 5.92 Å². The Labute approximate surface area is 60.2 Å².